The highest BCUT2D eigenvalue weighted by molar-refractivity contribution is 5.91. The van der Waals surface area contributed by atoms with Gasteiger partial charge in [-0.3, -0.25) is 9.59 Å². The largest absolute Gasteiger partial charge is 0.481 e. The third kappa shape index (κ3) is 4.69. The van der Waals surface area contributed by atoms with Crippen LogP contribution in [0.2, 0.25) is 0 Å². The fraction of sp³-hybridized carbons (Fsp3) is 0.429. The Morgan fingerprint density at radius 3 is 2.47 bits per heavy atom. The van der Waals surface area contributed by atoms with E-state index in [9.17, 15) is 14.0 Å². The first kappa shape index (κ1) is 15.1. The summed E-state index contributed by atoms with van der Waals surface area (Å²) in [6.45, 7) is 3.60. The second-order valence-electron chi connectivity index (χ2n) is 4.76. The van der Waals surface area contributed by atoms with Crippen molar-refractivity contribution < 1.29 is 19.1 Å². The average Bonchev–Trinajstić information content (AvgIpc) is 2.31. The summed E-state index contributed by atoms with van der Waals surface area (Å²) in [6, 6.07) is 5.87. The number of hydrogen-bond donors (Lipinski definition) is 2. The van der Waals surface area contributed by atoms with Gasteiger partial charge in [-0.15, -0.1) is 0 Å². The number of aliphatic carboxylic acids is 1. The highest BCUT2D eigenvalue weighted by Gasteiger charge is 2.22. The number of rotatable bonds is 6. The quantitative estimate of drug-likeness (QED) is 0.832. The predicted molar refractivity (Wildman–Crippen MR) is 70.2 cm³/mol. The molecule has 0 spiro atoms. The van der Waals surface area contributed by atoms with Crippen molar-refractivity contribution in [2.24, 2.45) is 11.8 Å². The van der Waals surface area contributed by atoms with Crippen molar-refractivity contribution in [3.8, 4) is 0 Å². The number of carbonyl (C=O) groups excluding carboxylic acids is 1. The van der Waals surface area contributed by atoms with Crippen molar-refractivity contribution in [2.45, 2.75) is 26.7 Å². The first-order chi connectivity index (χ1) is 8.91. The summed E-state index contributed by atoms with van der Waals surface area (Å²) < 4.78 is 13.3. The van der Waals surface area contributed by atoms with Crippen molar-refractivity contribution in [2.75, 3.05) is 5.32 Å². The van der Waals surface area contributed by atoms with Crippen LogP contribution in [-0.4, -0.2) is 17.0 Å². The Kier molecular flexibility index (Phi) is 5.48. The highest BCUT2D eigenvalue weighted by Crippen LogP contribution is 2.18. The van der Waals surface area contributed by atoms with Crippen LogP contribution >= 0.6 is 0 Å². The van der Waals surface area contributed by atoms with E-state index in [4.69, 9.17) is 5.11 Å². The lowest BCUT2D eigenvalue weighted by atomic mass is 9.91. The van der Waals surface area contributed by atoms with Crippen LogP contribution in [0.1, 0.15) is 26.7 Å². The number of carboxylic acid groups (broad SMARTS) is 1. The van der Waals surface area contributed by atoms with Gasteiger partial charge in [-0.2, -0.15) is 0 Å². The molecule has 1 atom stereocenters. The van der Waals surface area contributed by atoms with Gasteiger partial charge in [0.25, 0.3) is 0 Å². The van der Waals surface area contributed by atoms with Crippen LogP contribution in [0.5, 0.6) is 0 Å². The van der Waals surface area contributed by atoms with E-state index in [0.29, 0.717) is 0 Å². The van der Waals surface area contributed by atoms with E-state index in [1.165, 1.54) is 18.2 Å². The second kappa shape index (κ2) is 6.87. The number of amides is 1. The Hall–Kier alpha value is -1.91. The molecule has 0 aliphatic carbocycles. The molecule has 0 heterocycles. The van der Waals surface area contributed by atoms with Crippen LogP contribution in [0.3, 0.4) is 0 Å². The maximum atomic E-state index is 13.3. The number of hydrogen-bond acceptors (Lipinski definition) is 2. The van der Waals surface area contributed by atoms with Crippen molar-refractivity contribution in [1.82, 2.24) is 0 Å². The topological polar surface area (TPSA) is 66.4 Å². The van der Waals surface area contributed by atoms with Gasteiger partial charge in [-0.05, 0) is 24.5 Å². The van der Waals surface area contributed by atoms with E-state index >= 15 is 0 Å². The molecule has 1 unspecified atom stereocenters. The molecule has 0 fully saturated rings. The van der Waals surface area contributed by atoms with Crippen molar-refractivity contribution in [3.63, 3.8) is 0 Å². The molecule has 1 aromatic rings. The zero-order valence-electron chi connectivity index (χ0n) is 11.0. The van der Waals surface area contributed by atoms with Crippen molar-refractivity contribution >= 4 is 17.6 Å². The fourth-order valence-corrected chi connectivity index (χ4v) is 1.80. The molecule has 19 heavy (non-hydrogen) atoms. The van der Waals surface area contributed by atoms with Gasteiger partial charge in [0.2, 0.25) is 5.91 Å². The lowest BCUT2D eigenvalue weighted by Crippen LogP contribution is -2.22. The Labute approximate surface area is 111 Å². The Balaban J connectivity index is 2.52. The highest BCUT2D eigenvalue weighted by atomic mass is 19.1. The van der Waals surface area contributed by atoms with Crippen LogP contribution in [0, 0.1) is 17.7 Å². The lowest BCUT2D eigenvalue weighted by Gasteiger charge is -2.15. The second-order valence-corrected chi connectivity index (χ2v) is 4.76. The van der Waals surface area contributed by atoms with E-state index in [2.05, 4.69) is 5.32 Å². The van der Waals surface area contributed by atoms with Crippen LogP contribution < -0.4 is 5.32 Å². The minimum absolute atomic E-state index is 0.0428. The number of nitrogens with one attached hydrogen (secondary N) is 1. The zero-order chi connectivity index (χ0) is 14.4. The Morgan fingerprint density at radius 1 is 1.32 bits per heavy atom. The van der Waals surface area contributed by atoms with Gasteiger partial charge in [-0.1, -0.05) is 26.0 Å². The standard InChI is InChI=1S/C14H18FNO3/c1-9(2)10(14(18)19)7-8-13(17)16-12-6-4-3-5-11(12)15/h3-6,9-10H,7-8H2,1-2H3,(H,16,17)(H,18,19). The number of halogens is 1. The molecule has 0 aromatic heterocycles. The smallest absolute Gasteiger partial charge is 0.306 e. The normalized spacial score (nSPS) is 12.2. The molecule has 0 radical (unpaired) electrons. The molecule has 1 aromatic carbocycles. The molecule has 0 saturated carbocycles. The van der Waals surface area contributed by atoms with E-state index < -0.39 is 17.7 Å². The summed E-state index contributed by atoms with van der Waals surface area (Å²) >= 11 is 0. The molecule has 4 nitrogen and oxygen atoms in total. The average molecular weight is 267 g/mol. The molecule has 5 heteroatoms. The molecule has 0 saturated heterocycles. The van der Waals surface area contributed by atoms with Crippen LogP contribution in [-0.2, 0) is 9.59 Å². The van der Waals surface area contributed by atoms with E-state index in [0.717, 1.165) is 0 Å². The first-order valence-electron chi connectivity index (χ1n) is 6.19. The first-order valence-corrected chi connectivity index (χ1v) is 6.19. The van der Waals surface area contributed by atoms with Gasteiger partial charge in [0.05, 0.1) is 11.6 Å². The summed E-state index contributed by atoms with van der Waals surface area (Å²) in [5, 5.41) is 11.4. The van der Waals surface area contributed by atoms with Gasteiger partial charge in [0.1, 0.15) is 5.82 Å². The summed E-state index contributed by atoms with van der Waals surface area (Å²) in [5.41, 5.74) is 0.115. The minimum atomic E-state index is -0.909. The van der Waals surface area contributed by atoms with Gasteiger partial charge in [0, 0.05) is 6.42 Å². The van der Waals surface area contributed by atoms with Crippen LogP contribution in [0.25, 0.3) is 0 Å². The summed E-state index contributed by atoms with van der Waals surface area (Å²) in [4.78, 5) is 22.6. The SMILES string of the molecule is CC(C)C(CCC(=O)Nc1ccccc1F)C(=O)O. The number of para-hydroxylation sites is 1. The number of carbonyl (C=O) groups is 2. The van der Waals surface area contributed by atoms with Gasteiger partial charge < -0.3 is 10.4 Å². The number of carboxylic acids is 1. The Morgan fingerprint density at radius 2 is 1.95 bits per heavy atom. The van der Waals surface area contributed by atoms with Crippen molar-refractivity contribution in [3.05, 3.63) is 30.1 Å². The zero-order valence-corrected chi connectivity index (χ0v) is 11.0. The number of benzene rings is 1. The molecular weight excluding hydrogens is 249 g/mol. The van der Waals surface area contributed by atoms with Gasteiger partial charge in [0.15, 0.2) is 0 Å². The summed E-state index contributed by atoms with van der Waals surface area (Å²) in [5.74, 6) is -2.40. The van der Waals surface area contributed by atoms with Crippen LogP contribution in [0.4, 0.5) is 10.1 Å². The summed E-state index contributed by atoms with van der Waals surface area (Å²) in [6.07, 6.45) is 0.302. The number of anilines is 1. The molecule has 0 bridgehead atoms. The summed E-state index contributed by atoms with van der Waals surface area (Å²) in [7, 11) is 0. The van der Waals surface area contributed by atoms with E-state index in [1.54, 1.807) is 19.9 Å². The molecule has 0 aliphatic heterocycles. The fourth-order valence-electron chi connectivity index (χ4n) is 1.80. The molecular formula is C14H18FNO3. The Bertz CT molecular complexity index is 460. The lowest BCUT2D eigenvalue weighted by molar-refractivity contribution is -0.143. The third-order valence-corrected chi connectivity index (χ3v) is 2.95. The molecule has 0 aliphatic rings. The minimum Gasteiger partial charge on any atom is -0.481 e. The molecule has 2 N–H and O–H groups in total. The van der Waals surface area contributed by atoms with E-state index in [1.807, 2.05) is 0 Å². The van der Waals surface area contributed by atoms with Crippen LogP contribution in [0.15, 0.2) is 24.3 Å². The maximum absolute atomic E-state index is 13.3. The molecule has 1 amide bonds. The maximum Gasteiger partial charge on any atom is 0.306 e. The third-order valence-electron chi connectivity index (χ3n) is 2.95. The molecule has 1 rings (SSSR count). The van der Waals surface area contributed by atoms with Gasteiger partial charge in [-0.25, -0.2) is 4.39 Å². The van der Waals surface area contributed by atoms with Gasteiger partial charge >= 0.3 is 5.97 Å². The van der Waals surface area contributed by atoms with Crippen molar-refractivity contribution in [1.29, 1.82) is 0 Å². The monoisotopic (exact) mass is 267 g/mol. The predicted octanol–water partition coefficient (Wildman–Crippen LogP) is 2.90. The van der Waals surface area contributed by atoms with E-state index in [-0.39, 0.29) is 30.4 Å². The molecule has 104 valence electrons.